The lowest BCUT2D eigenvalue weighted by Gasteiger charge is -2.59. The van der Waals surface area contributed by atoms with Gasteiger partial charge in [-0.1, -0.05) is 51.0 Å². The molecule has 166 valence electrons. The first-order chi connectivity index (χ1) is 13.6. The highest BCUT2D eigenvalue weighted by Gasteiger charge is 2.71. The lowest BCUT2D eigenvalue weighted by atomic mass is 9.40. The van der Waals surface area contributed by atoms with E-state index in [1.165, 1.54) is 5.57 Å². The normalized spacial score (nSPS) is 30.4. The number of carbonyl (C=O) groups is 3. The second kappa shape index (κ2) is 7.94. The summed E-state index contributed by atoms with van der Waals surface area (Å²) in [6.07, 6.45) is 5.47. The summed E-state index contributed by atoms with van der Waals surface area (Å²) in [6, 6.07) is 0. The summed E-state index contributed by atoms with van der Waals surface area (Å²) in [5.74, 6) is -1.85. The molecule has 4 heteroatoms. The molecule has 1 fully saturated rings. The monoisotopic (exact) mass is 414 g/mol. The molecule has 3 atom stereocenters. The van der Waals surface area contributed by atoms with Crippen molar-refractivity contribution in [2.75, 3.05) is 0 Å². The molecule has 1 saturated carbocycles. The third kappa shape index (κ3) is 3.42. The number of allylic oxidation sites excluding steroid dienone is 6. The molecule has 0 saturated heterocycles. The van der Waals surface area contributed by atoms with Crippen molar-refractivity contribution in [3.8, 4) is 0 Å². The largest absolute Gasteiger partial charge is 0.510 e. The van der Waals surface area contributed by atoms with Gasteiger partial charge in [0.25, 0.3) is 0 Å². The standard InChI is InChI=1S/C26H38O4/c1-15(2)10-11-18-14-25(9)21(28)19(20(27)17(5)6)22(29)26(23(25)30,24(18,7)8)13-12-16(3)4/h10,12,17-18,28H,11,13-14H2,1-9H3/t18-,25-,26+/m0/s1. The molecule has 0 amide bonds. The van der Waals surface area contributed by atoms with Crippen LogP contribution in [0.25, 0.3) is 0 Å². The molecular formula is C26H38O4. The van der Waals surface area contributed by atoms with Gasteiger partial charge in [-0.2, -0.15) is 0 Å². The molecule has 30 heavy (non-hydrogen) atoms. The molecule has 4 nitrogen and oxygen atoms in total. The van der Waals surface area contributed by atoms with Crippen LogP contribution >= 0.6 is 0 Å². The van der Waals surface area contributed by atoms with Crippen molar-refractivity contribution in [3.63, 3.8) is 0 Å². The minimum Gasteiger partial charge on any atom is -0.510 e. The van der Waals surface area contributed by atoms with E-state index in [0.29, 0.717) is 6.42 Å². The number of fused-ring (bicyclic) bond motifs is 2. The number of hydrogen-bond acceptors (Lipinski definition) is 4. The molecule has 0 aromatic heterocycles. The second-order valence-corrected chi connectivity index (χ2v) is 10.8. The zero-order valence-corrected chi connectivity index (χ0v) is 20.1. The summed E-state index contributed by atoms with van der Waals surface area (Å²) in [5, 5.41) is 11.1. The van der Waals surface area contributed by atoms with Gasteiger partial charge in [-0.3, -0.25) is 14.4 Å². The number of aliphatic hydroxyl groups excluding tert-OH is 1. The van der Waals surface area contributed by atoms with Gasteiger partial charge in [-0.25, -0.2) is 0 Å². The molecule has 2 aliphatic carbocycles. The Morgan fingerprint density at radius 2 is 1.60 bits per heavy atom. The highest BCUT2D eigenvalue weighted by molar-refractivity contribution is 6.32. The summed E-state index contributed by atoms with van der Waals surface area (Å²) < 4.78 is 0. The van der Waals surface area contributed by atoms with Crippen molar-refractivity contribution in [2.24, 2.45) is 28.1 Å². The van der Waals surface area contributed by atoms with E-state index in [9.17, 15) is 19.5 Å². The predicted octanol–water partition coefficient (Wildman–Crippen LogP) is 5.93. The first-order valence-corrected chi connectivity index (χ1v) is 11.0. The summed E-state index contributed by atoms with van der Waals surface area (Å²) in [6.45, 7) is 17.1. The van der Waals surface area contributed by atoms with E-state index in [0.717, 1.165) is 12.0 Å². The molecular weight excluding hydrogens is 376 g/mol. The van der Waals surface area contributed by atoms with Crippen molar-refractivity contribution in [2.45, 2.75) is 81.6 Å². The Kier molecular flexibility index (Phi) is 6.43. The van der Waals surface area contributed by atoms with Crippen molar-refractivity contribution in [1.29, 1.82) is 0 Å². The van der Waals surface area contributed by atoms with Crippen molar-refractivity contribution in [3.05, 3.63) is 34.6 Å². The highest BCUT2D eigenvalue weighted by atomic mass is 16.3. The van der Waals surface area contributed by atoms with E-state index in [2.05, 4.69) is 6.08 Å². The van der Waals surface area contributed by atoms with E-state index < -0.39 is 27.9 Å². The van der Waals surface area contributed by atoms with Crippen molar-refractivity contribution >= 4 is 17.3 Å². The van der Waals surface area contributed by atoms with Crippen LogP contribution in [0.3, 0.4) is 0 Å². The van der Waals surface area contributed by atoms with E-state index in [1.807, 2.05) is 47.6 Å². The minimum atomic E-state index is -1.36. The van der Waals surface area contributed by atoms with Crippen LogP contribution in [0.5, 0.6) is 0 Å². The number of aliphatic hydroxyl groups is 1. The van der Waals surface area contributed by atoms with Crippen molar-refractivity contribution in [1.82, 2.24) is 0 Å². The van der Waals surface area contributed by atoms with E-state index in [-0.39, 0.29) is 35.2 Å². The molecule has 1 N–H and O–H groups in total. The maximum Gasteiger partial charge on any atom is 0.184 e. The Morgan fingerprint density at radius 1 is 1.07 bits per heavy atom. The van der Waals surface area contributed by atoms with Crippen LogP contribution in [0.2, 0.25) is 0 Å². The Balaban J connectivity index is 2.87. The summed E-state index contributed by atoms with van der Waals surface area (Å²) in [4.78, 5) is 40.9. The Hall–Kier alpha value is -1.97. The molecule has 0 heterocycles. The van der Waals surface area contributed by atoms with Gasteiger partial charge in [0.15, 0.2) is 17.3 Å². The predicted molar refractivity (Wildman–Crippen MR) is 120 cm³/mol. The average Bonchev–Trinajstić information content (AvgIpc) is 2.62. The topological polar surface area (TPSA) is 71.4 Å². The lowest BCUT2D eigenvalue weighted by Crippen LogP contribution is -2.66. The summed E-state index contributed by atoms with van der Waals surface area (Å²) in [5.41, 5.74) is -1.20. The summed E-state index contributed by atoms with van der Waals surface area (Å²) in [7, 11) is 0. The number of hydrogen-bond donors (Lipinski definition) is 1. The SMILES string of the molecule is CC(C)=CC[C@H]1C[C@]2(C)C(=O)[C@@](CC=C(C)C)(C(=O)C(C(=O)C(C)C)=C2O)C1(C)C. The molecule has 0 aliphatic heterocycles. The highest BCUT2D eigenvalue weighted by Crippen LogP contribution is 2.65. The van der Waals surface area contributed by atoms with Crippen LogP contribution in [0.15, 0.2) is 34.6 Å². The smallest absolute Gasteiger partial charge is 0.184 e. The number of ketones is 3. The first-order valence-electron chi connectivity index (χ1n) is 11.0. The Morgan fingerprint density at radius 3 is 2.07 bits per heavy atom. The van der Waals surface area contributed by atoms with Crippen LogP contribution in [-0.2, 0) is 14.4 Å². The van der Waals surface area contributed by atoms with Crippen LogP contribution in [0.1, 0.15) is 81.6 Å². The molecule has 2 rings (SSSR count). The van der Waals surface area contributed by atoms with E-state index in [1.54, 1.807) is 20.8 Å². The Labute approximate surface area is 181 Å². The van der Waals surface area contributed by atoms with Gasteiger partial charge >= 0.3 is 0 Å². The fourth-order valence-corrected chi connectivity index (χ4v) is 5.23. The van der Waals surface area contributed by atoms with Gasteiger partial charge in [0.05, 0.1) is 5.41 Å². The molecule has 0 radical (unpaired) electrons. The van der Waals surface area contributed by atoms with Gasteiger partial charge in [0.1, 0.15) is 16.7 Å². The average molecular weight is 415 g/mol. The maximum atomic E-state index is 14.0. The zero-order chi connectivity index (χ0) is 23.2. The lowest BCUT2D eigenvalue weighted by molar-refractivity contribution is -0.170. The molecule has 0 unspecified atom stereocenters. The van der Waals surface area contributed by atoms with E-state index >= 15 is 0 Å². The number of Topliss-reactive ketones (excluding diaryl/α,β-unsaturated/α-hetero) is 3. The van der Waals surface area contributed by atoms with Gasteiger partial charge in [-0.05, 0) is 65.2 Å². The molecule has 0 aromatic carbocycles. The third-order valence-corrected chi connectivity index (χ3v) is 7.44. The third-order valence-electron chi connectivity index (χ3n) is 7.44. The fourth-order valence-electron chi connectivity index (χ4n) is 5.23. The van der Waals surface area contributed by atoms with Gasteiger partial charge in [0, 0.05) is 5.92 Å². The second-order valence-electron chi connectivity index (χ2n) is 10.8. The Bertz CT molecular complexity index is 859. The van der Waals surface area contributed by atoms with Crippen LogP contribution < -0.4 is 0 Å². The van der Waals surface area contributed by atoms with Gasteiger partial charge in [0.2, 0.25) is 0 Å². The van der Waals surface area contributed by atoms with Crippen LogP contribution in [-0.4, -0.2) is 22.5 Å². The van der Waals surface area contributed by atoms with Gasteiger partial charge < -0.3 is 5.11 Å². The molecule has 2 aliphatic rings. The fraction of sp³-hybridized carbons (Fsp3) is 0.654. The quantitative estimate of drug-likeness (QED) is 0.332. The van der Waals surface area contributed by atoms with E-state index in [4.69, 9.17) is 0 Å². The zero-order valence-electron chi connectivity index (χ0n) is 20.1. The van der Waals surface area contributed by atoms with Gasteiger partial charge in [-0.15, -0.1) is 0 Å². The molecule has 2 bridgehead atoms. The number of carbonyl (C=O) groups excluding carboxylic acids is 3. The van der Waals surface area contributed by atoms with Crippen molar-refractivity contribution < 1.29 is 19.5 Å². The van der Waals surface area contributed by atoms with Crippen LogP contribution in [0, 0.1) is 28.1 Å². The molecule has 0 aromatic rings. The number of rotatable bonds is 6. The van der Waals surface area contributed by atoms with Crippen LogP contribution in [0.4, 0.5) is 0 Å². The summed E-state index contributed by atoms with van der Waals surface area (Å²) >= 11 is 0. The first kappa shape index (κ1) is 24.3. The molecule has 0 spiro atoms. The minimum absolute atomic E-state index is 0.0162. The maximum absolute atomic E-state index is 14.0.